The average Bonchev–Trinajstić information content (AvgIpc) is 3.35. The van der Waals surface area contributed by atoms with Gasteiger partial charge >= 0.3 is 0 Å². The summed E-state index contributed by atoms with van der Waals surface area (Å²) < 4.78 is 60.3. The predicted molar refractivity (Wildman–Crippen MR) is 180 cm³/mol. The molecule has 0 spiro atoms. The average molecular weight is 663 g/mol. The molecule has 6 nitrogen and oxygen atoms in total. The topological polar surface area (TPSA) is 66.4 Å². The van der Waals surface area contributed by atoms with Gasteiger partial charge < -0.3 is 28.5 Å². The second-order valence-electron chi connectivity index (χ2n) is 13.4. The monoisotopic (exact) mass is 662 g/mol. The van der Waals surface area contributed by atoms with Crippen LogP contribution >= 0.6 is 0 Å². The fraction of sp³-hybridized carbons (Fsp3) is 0.368. The Bertz CT molecular complexity index is 1580. The molecule has 0 radical (unpaired) electrons. The van der Waals surface area contributed by atoms with Crippen molar-refractivity contribution < 1.29 is 37.3 Å². The van der Waals surface area contributed by atoms with Crippen LogP contribution in [0.15, 0.2) is 97.1 Å². The molecule has 0 bridgehead atoms. The van der Waals surface area contributed by atoms with Crippen LogP contribution in [0.5, 0.6) is 11.5 Å². The van der Waals surface area contributed by atoms with Crippen LogP contribution < -0.4 is 9.47 Å². The lowest BCUT2D eigenvalue weighted by Gasteiger charge is -2.40. The Balaban J connectivity index is 1.58. The molecule has 4 aromatic carbocycles. The molecule has 1 N–H and O–H groups in total. The van der Waals surface area contributed by atoms with Crippen molar-refractivity contribution in [1.82, 2.24) is 0 Å². The van der Waals surface area contributed by atoms with Gasteiger partial charge in [0.25, 0.3) is 0 Å². The Morgan fingerprint density at radius 3 is 1.79 bits per heavy atom. The second-order valence-corrected chi connectivity index (χ2v) is 18.2. The summed E-state index contributed by atoms with van der Waals surface area (Å²) in [5.41, 5.74) is 1.45. The number of hydrogen-bond acceptors (Lipinski definition) is 6. The minimum absolute atomic E-state index is 0.0786. The second kappa shape index (κ2) is 13.9. The van der Waals surface area contributed by atoms with Gasteiger partial charge in [-0.1, -0.05) is 81.4 Å². The first-order valence-corrected chi connectivity index (χ1v) is 18.7. The maximum atomic E-state index is 15.3. The minimum atomic E-state index is -2.48. The molecule has 4 aromatic rings. The standard InChI is InChI=1S/C38H44F2O6Si/c1-37(2,3)47(6,7)46-36-34(41)33(45-35(36)31-22-17-28(39)23-32(31)40)24-44-38(25-11-9-8-10-12-25,26-13-18-29(42-4)19-14-26)27-15-20-30(43-5)21-16-27/h8-23,33-36,41H,24H2,1-7H3/t33-,34-,35+,36-/m1/s1. The van der Waals surface area contributed by atoms with Gasteiger partial charge in [0.1, 0.15) is 53.2 Å². The van der Waals surface area contributed by atoms with E-state index in [4.69, 9.17) is 23.4 Å². The summed E-state index contributed by atoms with van der Waals surface area (Å²) in [5, 5.41) is 11.7. The van der Waals surface area contributed by atoms with Gasteiger partial charge in [0.05, 0.1) is 20.8 Å². The molecule has 0 aromatic heterocycles. The molecule has 5 rings (SSSR count). The fourth-order valence-corrected chi connectivity index (χ4v) is 7.08. The van der Waals surface area contributed by atoms with Crippen molar-refractivity contribution in [3.63, 3.8) is 0 Å². The molecule has 0 aliphatic carbocycles. The van der Waals surface area contributed by atoms with E-state index in [1.165, 1.54) is 12.1 Å². The largest absolute Gasteiger partial charge is 0.497 e. The Hall–Kier alpha value is -3.60. The minimum Gasteiger partial charge on any atom is -0.497 e. The summed E-state index contributed by atoms with van der Waals surface area (Å²) in [7, 11) is 0.743. The molecule has 250 valence electrons. The van der Waals surface area contributed by atoms with E-state index in [0.29, 0.717) is 11.5 Å². The predicted octanol–water partition coefficient (Wildman–Crippen LogP) is 8.18. The summed E-state index contributed by atoms with van der Waals surface area (Å²) >= 11 is 0. The normalized spacial score (nSPS) is 20.3. The lowest BCUT2D eigenvalue weighted by molar-refractivity contribution is -0.0831. The highest BCUT2D eigenvalue weighted by molar-refractivity contribution is 6.74. The first-order valence-electron chi connectivity index (χ1n) is 15.8. The summed E-state index contributed by atoms with van der Waals surface area (Å²) in [6.45, 7) is 10.3. The maximum Gasteiger partial charge on any atom is 0.192 e. The molecular weight excluding hydrogens is 618 g/mol. The fourth-order valence-electron chi connectivity index (χ4n) is 5.79. The third-order valence-electron chi connectivity index (χ3n) is 9.48. The zero-order valence-corrected chi connectivity index (χ0v) is 29.0. The highest BCUT2D eigenvalue weighted by Gasteiger charge is 2.51. The van der Waals surface area contributed by atoms with Crippen LogP contribution in [-0.4, -0.2) is 52.6 Å². The van der Waals surface area contributed by atoms with Crippen molar-refractivity contribution in [3.05, 3.63) is 131 Å². The zero-order chi connectivity index (χ0) is 34.0. The van der Waals surface area contributed by atoms with Crippen LogP contribution in [-0.2, 0) is 19.5 Å². The third-order valence-corrected chi connectivity index (χ3v) is 14.0. The first-order chi connectivity index (χ1) is 22.3. The smallest absolute Gasteiger partial charge is 0.192 e. The van der Waals surface area contributed by atoms with Gasteiger partial charge in [-0.05, 0) is 65.2 Å². The van der Waals surface area contributed by atoms with E-state index in [-0.39, 0.29) is 17.2 Å². The first kappa shape index (κ1) is 34.7. The van der Waals surface area contributed by atoms with Crippen molar-refractivity contribution in [2.24, 2.45) is 0 Å². The molecule has 0 unspecified atom stereocenters. The number of aliphatic hydroxyl groups is 1. The number of aliphatic hydroxyl groups excluding tert-OH is 1. The van der Waals surface area contributed by atoms with E-state index in [0.717, 1.165) is 22.8 Å². The van der Waals surface area contributed by atoms with E-state index < -0.39 is 50.0 Å². The molecule has 0 saturated carbocycles. The number of benzene rings is 4. The van der Waals surface area contributed by atoms with Crippen LogP contribution in [0.25, 0.3) is 0 Å². The molecule has 1 aliphatic heterocycles. The summed E-state index contributed by atoms with van der Waals surface area (Å²) in [4.78, 5) is 0. The molecule has 9 heteroatoms. The van der Waals surface area contributed by atoms with Crippen molar-refractivity contribution in [2.45, 2.75) is 68.9 Å². The lowest BCUT2D eigenvalue weighted by atomic mass is 9.80. The number of methoxy groups -OCH3 is 2. The maximum absolute atomic E-state index is 15.3. The molecule has 1 aliphatic rings. The highest BCUT2D eigenvalue weighted by Crippen LogP contribution is 2.46. The van der Waals surface area contributed by atoms with Gasteiger partial charge in [-0.25, -0.2) is 8.78 Å². The Labute approximate surface area is 277 Å². The zero-order valence-electron chi connectivity index (χ0n) is 28.0. The highest BCUT2D eigenvalue weighted by atomic mass is 28.4. The molecule has 1 fully saturated rings. The molecule has 0 amide bonds. The quantitative estimate of drug-likeness (QED) is 0.129. The van der Waals surface area contributed by atoms with Gasteiger partial charge in [-0.2, -0.15) is 0 Å². The van der Waals surface area contributed by atoms with Crippen LogP contribution in [0.2, 0.25) is 18.1 Å². The molecule has 4 atom stereocenters. The van der Waals surface area contributed by atoms with Gasteiger partial charge in [0, 0.05) is 11.6 Å². The molecule has 47 heavy (non-hydrogen) atoms. The summed E-state index contributed by atoms with van der Waals surface area (Å²) in [6.07, 6.45) is -3.96. The number of halogens is 2. The number of hydrogen-bond donors (Lipinski definition) is 1. The van der Waals surface area contributed by atoms with E-state index in [1.54, 1.807) is 14.2 Å². The van der Waals surface area contributed by atoms with Gasteiger partial charge in [-0.15, -0.1) is 0 Å². The van der Waals surface area contributed by atoms with Crippen molar-refractivity contribution in [3.8, 4) is 11.5 Å². The Morgan fingerprint density at radius 1 is 0.766 bits per heavy atom. The van der Waals surface area contributed by atoms with E-state index in [1.807, 2.05) is 78.9 Å². The van der Waals surface area contributed by atoms with Crippen LogP contribution in [0.4, 0.5) is 8.78 Å². The van der Waals surface area contributed by atoms with E-state index >= 15 is 4.39 Å². The Kier molecular flexibility index (Phi) is 10.2. The number of ether oxygens (including phenoxy) is 4. The van der Waals surface area contributed by atoms with Crippen molar-refractivity contribution in [2.75, 3.05) is 20.8 Å². The van der Waals surface area contributed by atoms with Crippen molar-refractivity contribution in [1.29, 1.82) is 0 Å². The van der Waals surface area contributed by atoms with Gasteiger partial charge in [-0.3, -0.25) is 0 Å². The van der Waals surface area contributed by atoms with Crippen LogP contribution in [0.1, 0.15) is 49.1 Å². The van der Waals surface area contributed by atoms with Crippen molar-refractivity contribution >= 4 is 8.32 Å². The summed E-state index contributed by atoms with van der Waals surface area (Å²) in [5.74, 6) is -0.0783. The van der Waals surface area contributed by atoms with E-state index in [9.17, 15) is 9.50 Å². The molecular formula is C38H44F2O6Si. The number of rotatable bonds is 11. The van der Waals surface area contributed by atoms with Crippen LogP contribution in [0, 0.1) is 11.6 Å². The molecule has 1 saturated heterocycles. The van der Waals surface area contributed by atoms with Gasteiger partial charge in [0.2, 0.25) is 0 Å². The van der Waals surface area contributed by atoms with E-state index in [2.05, 4.69) is 33.9 Å². The van der Waals surface area contributed by atoms with Crippen LogP contribution in [0.3, 0.4) is 0 Å². The SMILES string of the molecule is COc1ccc(C(OC[C@H]2O[C@@H](c3ccc(F)cc3F)[C@H](O[Si](C)(C)C(C)(C)C)[C@@H]2O)(c2ccccc2)c2ccc(OC)cc2)cc1. The molecule has 1 heterocycles. The summed E-state index contributed by atoms with van der Waals surface area (Å²) in [6, 6.07) is 28.4. The lowest BCUT2D eigenvalue weighted by Crippen LogP contribution is -2.48. The Morgan fingerprint density at radius 2 is 1.30 bits per heavy atom. The third kappa shape index (κ3) is 7.00. The van der Waals surface area contributed by atoms with Gasteiger partial charge in [0.15, 0.2) is 8.32 Å².